The van der Waals surface area contributed by atoms with Crippen molar-refractivity contribution in [2.45, 2.75) is 25.7 Å². The van der Waals surface area contributed by atoms with Crippen LogP contribution in [0.4, 0.5) is 0 Å². The third kappa shape index (κ3) is 1.06. The van der Waals surface area contributed by atoms with Gasteiger partial charge in [-0.2, -0.15) is 0 Å². The summed E-state index contributed by atoms with van der Waals surface area (Å²) in [7, 11) is 0. The number of carbonyl (C=O) groups excluding carboxylic acids is 1. The van der Waals surface area contributed by atoms with Crippen LogP contribution in [0.2, 0.25) is 0 Å². The molecule has 3 atom stereocenters. The van der Waals surface area contributed by atoms with Crippen LogP contribution in [0.3, 0.4) is 0 Å². The minimum atomic E-state index is -0.756. The van der Waals surface area contributed by atoms with Gasteiger partial charge in [0.05, 0.1) is 5.41 Å². The van der Waals surface area contributed by atoms with Crippen LogP contribution in [0.1, 0.15) is 25.7 Å². The molecule has 0 spiro atoms. The van der Waals surface area contributed by atoms with Gasteiger partial charge in [-0.05, 0) is 30.6 Å². The summed E-state index contributed by atoms with van der Waals surface area (Å²) in [4.78, 5) is 22.4. The van der Waals surface area contributed by atoms with Gasteiger partial charge in [-0.1, -0.05) is 12.2 Å². The normalized spacial score (nSPS) is 40.5. The number of fused-ring (bicyclic) bond motifs is 2. The molecule has 3 nitrogen and oxygen atoms in total. The van der Waals surface area contributed by atoms with Crippen molar-refractivity contribution in [3.05, 3.63) is 12.2 Å². The fourth-order valence-corrected chi connectivity index (χ4v) is 3.64. The predicted octanol–water partition coefficient (Wildman–Crippen LogP) is 1.63. The second-order valence-corrected chi connectivity index (χ2v) is 5.24. The summed E-state index contributed by atoms with van der Waals surface area (Å²) in [5, 5.41) is 9.31. The number of hydrogen-bond donors (Lipinski definition) is 1. The smallest absolute Gasteiger partial charge is 0.310 e. The van der Waals surface area contributed by atoms with E-state index in [1.165, 1.54) is 0 Å². The van der Waals surface area contributed by atoms with Gasteiger partial charge in [-0.15, -0.1) is 0 Å². The molecule has 0 radical (unpaired) electrons. The minimum Gasteiger partial charge on any atom is -0.481 e. The highest BCUT2D eigenvalue weighted by atomic mass is 16.4. The standard InChI is InChI=1S/C12H14O3/c13-9-5-12(6-9,11(14)15)10-4-7-1-2-8(10)3-7/h1-2,7-8,10H,3-6H2,(H,14,15). The van der Waals surface area contributed by atoms with Crippen LogP contribution < -0.4 is 0 Å². The molecule has 3 heteroatoms. The van der Waals surface area contributed by atoms with Gasteiger partial charge < -0.3 is 5.11 Å². The summed E-state index contributed by atoms with van der Waals surface area (Å²) in [5.74, 6) is 0.561. The van der Waals surface area contributed by atoms with E-state index in [0.717, 1.165) is 12.8 Å². The Morgan fingerprint density at radius 2 is 2.07 bits per heavy atom. The molecular formula is C12H14O3. The lowest BCUT2D eigenvalue weighted by molar-refractivity contribution is -0.167. The Morgan fingerprint density at radius 3 is 2.47 bits per heavy atom. The topological polar surface area (TPSA) is 54.4 Å². The fraction of sp³-hybridized carbons (Fsp3) is 0.667. The van der Waals surface area contributed by atoms with E-state index < -0.39 is 11.4 Å². The van der Waals surface area contributed by atoms with E-state index in [4.69, 9.17) is 0 Å². The quantitative estimate of drug-likeness (QED) is 0.699. The Morgan fingerprint density at radius 1 is 1.33 bits per heavy atom. The summed E-state index contributed by atoms with van der Waals surface area (Å²) >= 11 is 0. The highest BCUT2D eigenvalue weighted by Gasteiger charge is 2.59. The summed E-state index contributed by atoms with van der Waals surface area (Å²) < 4.78 is 0. The summed E-state index contributed by atoms with van der Waals surface area (Å²) in [6.07, 6.45) is 6.98. The largest absolute Gasteiger partial charge is 0.481 e. The van der Waals surface area contributed by atoms with Crippen molar-refractivity contribution in [1.29, 1.82) is 0 Å². The van der Waals surface area contributed by atoms with Gasteiger partial charge in [0.2, 0.25) is 0 Å². The monoisotopic (exact) mass is 206 g/mol. The highest BCUT2D eigenvalue weighted by molar-refractivity contribution is 5.97. The molecule has 2 saturated carbocycles. The maximum Gasteiger partial charge on any atom is 0.310 e. The van der Waals surface area contributed by atoms with Crippen LogP contribution in [0.25, 0.3) is 0 Å². The van der Waals surface area contributed by atoms with Gasteiger partial charge in [-0.3, -0.25) is 9.59 Å². The molecule has 0 heterocycles. The van der Waals surface area contributed by atoms with Crippen molar-refractivity contribution in [1.82, 2.24) is 0 Å². The van der Waals surface area contributed by atoms with E-state index in [9.17, 15) is 14.7 Å². The third-order valence-electron chi connectivity index (χ3n) is 4.44. The lowest BCUT2D eigenvalue weighted by atomic mass is 9.57. The van der Waals surface area contributed by atoms with Crippen molar-refractivity contribution in [2.24, 2.45) is 23.2 Å². The zero-order chi connectivity index (χ0) is 10.6. The number of ketones is 1. The number of hydrogen-bond acceptors (Lipinski definition) is 2. The molecule has 0 aromatic heterocycles. The molecule has 0 aliphatic heterocycles. The Labute approximate surface area is 88.2 Å². The average Bonchev–Trinajstić information content (AvgIpc) is 2.72. The van der Waals surface area contributed by atoms with Crippen molar-refractivity contribution in [3.63, 3.8) is 0 Å². The molecule has 3 rings (SSSR count). The maximum atomic E-state index is 11.3. The number of aliphatic carboxylic acids is 1. The van der Waals surface area contributed by atoms with Gasteiger partial charge in [-0.25, -0.2) is 0 Å². The third-order valence-corrected chi connectivity index (χ3v) is 4.44. The Bertz CT molecular complexity index is 361. The van der Waals surface area contributed by atoms with Crippen molar-refractivity contribution < 1.29 is 14.7 Å². The minimum absolute atomic E-state index is 0.115. The van der Waals surface area contributed by atoms with E-state index in [2.05, 4.69) is 12.2 Å². The van der Waals surface area contributed by atoms with Gasteiger partial charge >= 0.3 is 5.97 Å². The van der Waals surface area contributed by atoms with E-state index in [-0.39, 0.29) is 24.5 Å². The number of rotatable bonds is 2. The molecule has 2 fully saturated rings. The van der Waals surface area contributed by atoms with E-state index in [0.29, 0.717) is 11.8 Å². The second kappa shape index (κ2) is 2.71. The molecule has 2 bridgehead atoms. The highest BCUT2D eigenvalue weighted by Crippen LogP contribution is 2.57. The Hall–Kier alpha value is -1.12. The first-order valence-corrected chi connectivity index (χ1v) is 5.55. The molecule has 0 saturated heterocycles. The summed E-state index contributed by atoms with van der Waals surface area (Å²) in [6, 6.07) is 0. The fourth-order valence-electron chi connectivity index (χ4n) is 3.64. The zero-order valence-corrected chi connectivity index (χ0v) is 8.48. The molecule has 15 heavy (non-hydrogen) atoms. The number of allylic oxidation sites excluding steroid dienone is 2. The summed E-state index contributed by atoms with van der Waals surface area (Å²) in [6.45, 7) is 0. The van der Waals surface area contributed by atoms with Gasteiger partial charge in [0.1, 0.15) is 5.78 Å². The first kappa shape index (κ1) is 9.13. The first-order chi connectivity index (χ1) is 7.12. The molecule has 0 aromatic rings. The van der Waals surface area contributed by atoms with Crippen LogP contribution in [-0.2, 0) is 9.59 Å². The van der Waals surface area contributed by atoms with Crippen LogP contribution in [-0.4, -0.2) is 16.9 Å². The van der Waals surface area contributed by atoms with Gasteiger partial charge in [0, 0.05) is 12.8 Å². The number of Topliss-reactive ketones (excluding diaryl/α,β-unsaturated/α-hetero) is 1. The molecule has 3 aliphatic carbocycles. The Kier molecular flexibility index (Phi) is 1.65. The van der Waals surface area contributed by atoms with Crippen LogP contribution in [0.15, 0.2) is 12.2 Å². The van der Waals surface area contributed by atoms with Crippen LogP contribution >= 0.6 is 0 Å². The van der Waals surface area contributed by atoms with Crippen molar-refractivity contribution in [3.8, 4) is 0 Å². The SMILES string of the molecule is O=C1CC(C(=O)O)(C2CC3C=CC2C3)C1. The van der Waals surface area contributed by atoms with Crippen LogP contribution in [0, 0.1) is 23.2 Å². The molecule has 3 unspecified atom stereocenters. The van der Waals surface area contributed by atoms with Crippen molar-refractivity contribution >= 4 is 11.8 Å². The summed E-state index contributed by atoms with van der Waals surface area (Å²) in [5.41, 5.74) is -0.707. The molecule has 0 aromatic carbocycles. The van der Waals surface area contributed by atoms with Crippen LogP contribution in [0.5, 0.6) is 0 Å². The predicted molar refractivity (Wildman–Crippen MR) is 53.2 cm³/mol. The van der Waals surface area contributed by atoms with Gasteiger partial charge in [0.25, 0.3) is 0 Å². The zero-order valence-electron chi connectivity index (χ0n) is 8.48. The van der Waals surface area contributed by atoms with E-state index >= 15 is 0 Å². The molecule has 0 amide bonds. The number of carboxylic acid groups (broad SMARTS) is 1. The van der Waals surface area contributed by atoms with E-state index in [1.54, 1.807) is 0 Å². The maximum absolute atomic E-state index is 11.3. The Balaban J connectivity index is 1.89. The van der Waals surface area contributed by atoms with Gasteiger partial charge in [0.15, 0.2) is 0 Å². The number of carboxylic acids is 1. The average molecular weight is 206 g/mol. The van der Waals surface area contributed by atoms with E-state index in [1.807, 2.05) is 0 Å². The number of carbonyl (C=O) groups is 2. The van der Waals surface area contributed by atoms with Crippen molar-refractivity contribution in [2.75, 3.05) is 0 Å². The molecule has 80 valence electrons. The lowest BCUT2D eigenvalue weighted by Gasteiger charge is -2.43. The first-order valence-electron chi connectivity index (χ1n) is 5.55. The second-order valence-electron chi connectivity index (χ2n) is 5.24. The molecule has 1 N–H and O–H groups in total. The molecule has 3 aliphatic rings. The lowest BCUT2D eigenvalue weighted by Crippen LogP contribution is -2.50. The molecular weight excluding hydrogens is 192 g/mol.